The molecule has 84 valence electrons. The van der Waals surface area contributed by atoms with Gasteiger partial charge in [-0.2, -0.15) is 0 Å². The van der Waals surface area contributed by atoms with Gasteiger partial charge in [0, 0.05) is 33.4 Å². The van der Waals surface area contributed by atoms with Gasteiger partial charge in [-0.3, -0.25) is 4.90 Å². The van der Waals surface area contributed by atoms with Gasteiger partial charge in [-0.1, -0.05) is 6.92 Å². The van der Waals surface area contributed by atoms with Gasteiger partial charge in [-0.05, 0) is 48.2 Å². The first-order chi connectivity index (χ1) is 7.20. The van der Waals surface area contributed by atoms with Crippen LogP contribution in [0, 0.1) is 0 Å². The third kappa shape index (κ3) is 2.63. The molecule has 0 spiro atoms. The van der Waals surface area contributed by atoms with E-state index >= 15 is 0 Å². The fraction of sp³-hybridized carbons (Fsp3) is 0.667. The minimum atomic E-state index is 0.760. The third-order valence-electron chi connectivity index (χ3n) is 3.38. The number of halogens is 1. The van der Waals surface area contributed by atoms with E-state index in [-0.39, 0.29) is 0 Å². The van der Waals surface area contributed by atoms with Crippen LogP contribution in [0.3, 0.4) is 0 Å². The van der Waals surface area contributed by atoms with E-state index in [9.17, 15) is 0 Å². The van der Waals surface area contributed by atoms with Crippen molar-refractivity contribution in [1.29, 1.82) is 0 Å². The second kappa shape index (κ2) is 4.98. The summed E-state index contributed by atoms with van der Waals surface area (Å²) in [6.07, 6.45) is 4.03. The van der Waals surface area contributed by atoms with Crippen molar-refractivity contribution in [2.24, 2.45) is 0 Å². The largest absolute Gasteiger partial charge is 0.293 e. The highest BCUT2D eigenvalue weighted by Gasteiger charge is 2.29. The molecule has 0 radical (unpaired) electrons. The van der Waals surface area contributed by atoms with Crippen LogP contribution in [-0.2, 0) is 6.54 Å². The molecule has 2 unspecified atom stereocenters. The Balaban J connectivity index is 2.03. The molecule has 1 aromatic heterocycles. The summed E-state index contributed by atoms with van der Waals surface area (Å²) in [5, 5.41) is 2.18. The highest BCUT2D eigenvalue weighted by Crippen LogP contribution is 2.30. The molecular weight excluding hydrogens is 270 g/mol. The van der Waals surface area contributed by atoms with Gasteiger partial charge in [0.1, 0.15) is 0 Å². The zero-order valence-corrected chi connectivity index (χ0v) is 11.8. The monoisotopic (exact) mass is 287 g/mol. The van der Waals surface area contributed by atoms with Crippen molar-refractivity contribution in [3.8, 4) is 0 Å². The number of thiophene rings is 1. The number of likely N-dealkylation sites (tertiary alicyclic amines) is 1. The molecule has 15 heavy (non-hydrogen) atoms. The lowest BCUT2D eigenvalue weighted by molar-refractivity contribution is 0.191. The molecule has 0 bridgehead atoms. The van der Waals surface area contributed by atoms with Crippen LogP contribution < -0.4 is 0 Å². The van der Waals surface area contributed by atoms with Crippen molar-refractivity contribution < 1.29 is 0 Å². The molecule has 2 heterocycles. The van der Waals surface area contributed by atoms with Gasteiger partial charge in [-0.25, -0.2) is 0 Å². The van der Waals surface area contributed by atoms with Crippen LogP contribution in [0.15, 0.2) is 15.9 Å². The molecule has 2 rings (SSSR count). The quantitative estimate of drug-likeness (QED) is 0.802. The van der Waals surface area contributed by atoms with E-state index in [0.29, 0.717) is 0 Å². The van der Waals surface area contributed by atoms with E-state index in [1.165, 1.54) is 28.6 Å². The van der Waals surface area contributed by atoms with Crippen LogP contribution >= 0.6 is 27.3 Å². The first-order valence-electron chi connectivity index (χ1n) is 5.69. The Morgan fingerprint density at radius 1 is 1.53 bits per heavy atom. The highest BCUT2D eigenvalue weighted by molar-refractivity contribution is 9.10. The summed E-state index contributed by atoms with van der Waals surface area (Å²) in [6, 6.07) is 3.82. The van der Waals surface area contributed by atoms with Crippen LogP contribution in [0.25, 0.3) is 0 Å². The Bertz CT molecular complexity index is 323. The lowest BCUT2D eigenvalue weighted by Crippen LogP contribution is -2.33. The van der Waals surface area contributed by atoms with Gasteiger partial charge in [0.25, 0.3) is 0 Å². The van der Waals surface area contributed by atoms with E-state index in [1.54, 1.807) is 0 Å². The second-order valence-electron chi connectivity index (χ2n) is 4.39. The summed E-state index contributed by atoms with van der Waals surface area (Å²) in [5.41, 5.74) is 0. The summed E-state index contributed by atoms with van der Waals surface area (Å²) >= 11 is 5.38. The average Bonchev–Trinajstić information content (AvgIpc) is 2.76. The molecule has 0 saturated carbocycles. The smallest absolute Gasteiger partial charge is 0.0334 e. The fourth-order valence-corrected chi connectivity index (χ4v) is 3.92. The van der Waals surface area contributed by atoms with Gasteiger partial charge in [0.05, 0.1) is 0 Å². The summed E-state index contributed by atoms with van der Waals surface area (Å²) < 4.78 is 1.22. The van der Waals surface area contributed by atoms with E-state index in [4.69, 9.17) is 0 Å². The number of hydrogen-bond donors (Lipinski definition) is 0. The first-order valence-corrected chi connectivity index (χ1v) is 7.36. The van der Waals surface area contributed by atoms with Crippen molar-refractivity contribution in [3.05, 3.63) is 20.8 Å². The van der Waals surface area contributed by atoms with Crippen molar-refractivity contribution in [2.45, 2.75) is 51.7 Å². The van der Waals surface area contributed by atoms with E-state index in [2.05, 4.69) is 46.1 Å². The van der Waals surface area contributed by atoms with Crippen molar-refractivity contribution >= 4 is 27.3 Å². The molecular formula is C12H18BrNS. The average molecular weight is 288 g/mol. The molecule has 3 heteroatoms. The summed E-state index contributed by atoms with van der Waals surface area (Å²) in [5.74, 6) is 0. The Hall–Kier alpha value is 0.140. The standard InChI is InChI=1S/C12H18BrNS/c1-3-11-5-4-9(2)14(11)7-12-6-10(13)8-15-12/h6,8-9,11H,3-5,7H2,1-2H3. The van der Waals surface area contributed by atoms with E-state index in [0.717, 1.165) is 18.6 Å². The lowest BCUT2D eigenvalue weighted by Gasteiger charge is -2.26. The fourth-order valence-electron chi connectivity index (χ4n) is 2.47. The van der Waals surface area contributed by atoms with Gasteiger partial charge in [0.2, 0.25) is 0 Å². The molecule has 1 aliphatic heterocycles. The van der Waals surface area contributed by atoms with Gasteiger partial charge in [-0.15, -0.1) is 11.3 Å². The minimum Gasteiger partial charge on any atom is -0.293 e. The van der Waals surface area contributed by atoms with Crippen LogP contribution in [0.5, 0.6) is 0 Å². The SMILES string of the molecule is CCC1CCC(C)N1Cc1cc(Br)cs1. The van der Waals surface area contributed by atoms with Crippen molar-refractivity contribution in [1.82, 2.24) is 4.90 Å². The summed E-state index contributed by atoms with van der Waals surface area (Å²) in [6.45, 7) is 5.80. The first kappa shape index (κ1) is 11.6. The van der Waals surface area contributed by atoms with Crippen LogP contribution in [0.1, 0.15) is 38.0 Å². The zero-order chi connectivity index (χ0) is 10.8. The molecule has 1 fully saturated rings. The summed E-state index contributed by atoms with van der Waals surface area (Å²) in [4.78, 5) is 4.15. The molecule has 1 nitrogen and oxygen atoms in total. The molecule has 1 aromatic rings. The Morgan fingerprint density at radius 3 is 2.93 bits per heavy atom. The number of nitrogens with zero attached hydrogens (tertiary/aromatic N) is 1. The van der Waals surface area contributed by atoms with E-state index < -0.39 is 0 Å². The highest BCUT2D eigenvalue weighted by atomic mass is 79.9. The van der Waals surface area contributed by atoms with Crippen LogP contribution in [-0.4, -0.2) is 17.0 Å². The maximum absolute atomic E-state index is 3.52. The van der Waals surface area contributed by atoms with Gasteiger partial charge < -0.3 is 0 Å². The Morgan fingerprint density at radius 2 is 2.33 bits per heavy atom. The van der Waals surface area contributed by atoms with Gasteiger partial charge in [0.15, 0.2) is 0 Å². The predicted octanol–water partition coefficient (Wildman–Crippen LogP) is 4.27. The van der Waals surface area contributed by atoms with Crippen LogP contribution in [0.4, 0.5) is 0 Å². The maximum atomic E-state index is 3.52. The molecule has 0 aliphatic carbocycles. The van der Waals surface area contributed by atoms with Gasteiger partial charge >= 0.3 is 0 Å². The zero-order valence-electron chi connectivity index (χ0n) is 9.37. The molecule has 0 amide bonds. The molecule has 1 aliphatic rings. The predicted molar refractivity (Wildman–Crippen MR) is 70.3 cm³/mol. The van der Waals surface area contributed by atoms with E-state index in [1.807, 2.05) is 11.3 Å². The van der Waals surface area contributed by atoms with Crippen molar-refractivity contribution in [3.63, 3.8) is 0 Å². The molecule has 1 saturated heterocycles. The Labute approximate surface area is 105 Å². The number of rotatable bonds is 3. The topological polar surface area (TPSA) is 3.24 Å². The second-order valence-corrected chi connectivity index (χ2v) is 6.30. The summed E-state index contributed by atoms with van der Waals surface area (Å²) in [7, 11) is 0. The van der Waals surface area contributed by atoms with Crippen LogP contribution in [0.2, 0.25) is 0 Å². The van der Waals surface area contributed by atoms with Crippen molar-refractivity contribution in [2.75, 3.05) is 0 Å². The Kier molecular flexibility index (Phi) is 3.86. The molecule has 2 atom stereocenters. The lowest BCUT2D eigenvalue weighted by atomic mass is 10.1. The number of hydrogen-bond acceptors (Lipinski definition) is 2. The minimum absolute atomic E-state index is 0.760. The molecule has 0 N–H and O–H groups in total. The maximum Gasteiger partial charge on any atom is 0.0334 e. The third-order valence-corrected chi connectivity index (χ3v) is 5.07. The molecule has 0 aromatic carbocycles. The normalized spacial score (nSPS) is 27.4.